The van der Waals surface area contributed by atoms with Crippen LogP contribution in [0.15, 0.2) is 11.1 Å². The van der Waals surface area contributed by atoms with Crippen LogP contribution in [0.5, 0.6) is 0 Å². The number of rotatable bonds is 3. The van der Waals surface area contributed by atoms with Crippen LogP contribution in [0, 0.1) is 5.41 Å². The van der Waals surface area contributed by atoms with E-state index in [1.54, 1.807) is 11.1 Å². The quantitative estimate of drug-likeness (QED) is 0.535. The van der Waals surface area contributed by atoms with Crippen molar-refractivity contribution in [3.63, 3.8) is 0 Å². The third-order valence-corrected chi connectivity index (χ3v) is 3.07. The summed E-state index contributed by atoms with van der Waals surface area (Å²) in [5.41, 5.74) is 3.53. The molecule has 0 aromatic carbocycles. The predicted molar refractivity (Wildman–Crippen MR) is 52.7 cm³/mol. The van der Waals surface area contributed by atoms with Gasteiger partial charge in [-0.25, -0.2) is 0 Å². The number of hydrogen-bond acceptors (Lipinski definition) is 0. The monoisotopic (exact) mass is 154 g/mol. The second kappa shape index (κ2) is 3.94. The molecule has 0 aliphatic rings. The van der Waals surface area contributed by atoms with E-state index in [4.69, 9.17) is 0 Å². The van der Waals surface area contributed by atoms with Crippen LogP contribution in [-0.4, -0.2) is 0 Å². The Kier molecular flexibility index (Phi) is 3.85. The van der Waals surface area contributed by atoms with Gasteiger partial charge >= 0.3 is 0 Å². The lowest BCUT2D eigenvalue weighted by molar-refractivity contribution is 0.424. The fraction of sp³-hybridized carbons (Fsp3) is 0.818. The molecule has 0 saturated carbocycles. The highest BCUT2D eigenvalue weighted by molar-refractivity contribution is 5.16. The van der Waals surface area contributed by atoms with Gasteiger partial charge in [-0.05, 0) is 32.1 Å². The van der Waals surface area contributed by atoms with E-state index >= 15 is 0 Å². The smallest absolute Gasteiger partial charge is 0.0147 e. The van der Waals surface area contributed by atoms with E-state index in [2.05, 4.69) is 41.5 Å². The molecule has 0 spiro atoms. The molecule has 0 radical (unpaired) electrons. The summed E-state index contributed by atoms with van der Waals surface area (Å²) in [6, 6.07) is 0. The van der Waals surface area contributed by atoms with Crippen LogP contribution < -0.4 is 0 Å². The maximum absolute atomic E-state index is 2.32. The van der Waals surface area contributed by atoms with Gasteiger partial charge in [-0.1, -0.05) is 38.8 Å². The Balaban J connectivity index is 4.57. The van der Waals surface area contributed by atoms with Crippen molar-refractivity contribution < 1.29 is 0 Å². The van der Waals surface area contributed by atoms with Crippen molar-refractivity contribution in [2.75, 3.05) is 0 Å². The Labute approximate surface area is 71.7 Å². The number of hydrogen-bond donors (Lipinski definition) is 0. The van der Waals surface area contributed by atoms with E-state index in [1.165, 1.54) is 12.8 Å². The summed E-state index contributed by atoms with van der Waals surface area (Å²) in [5, 5.41) is 0. The molecule has 0 aliphatic heterocycles. The molecule has 0 bridgehead atoms. The molecule has 0 atom stereocenters. The summed E-state index contributed by atoms with van der Waals surface area (Å²) in [6.07, 6.45) is 2.42. The first-order valence-electron chi connectivity index (χ1n) is 4.62. The molecule has 0 heteroatoms. The molecule has 0 rings (SSSR count). The number of allylic oxidation sites excluding steroid dienone is 2. The summed E-state index contributed by atoms with van der Waals surface area (Å²) in [6.45, 7) is 13.6. The Morgan fingerprint density at radius 3 is 1.82 bits per heavy atom. The summed E-state index contributed by atoms with van der Waals surface area (Å²) in [5.74, 6) is 0. The van der Waals surface area contributed by atoms with E-state index < -0.39 is 0 Å². The average molecular weight is 154 g/mol. The van der Waals surface area contributed by atoms with Crippen LogP contribution in [0.3, 0.4) is 0 Å². The fourth-order valence-corrected chi connectivity index (χ4v) is 1.11. The molecule has 0 aliphatic carbocycles. The molecule has 0 saturated heterocycles. The predicted octanol–water partition coefficient (Wildman–Crippen LogP) is 4.17. The molecular weight excluding hydrogens is 132 g/mol. The van der Waals surface area contributed by atoms with Gasteiger partial charge in [0.1, 0.15) is 0 Å². The lowest BCUT2D eigenvalue weighted by Gasteiger charge is -2.26. The van der Waals surface area contributed by atoms with Crippen molar-refractivity contribution in [2.24, 2.45) is 5.41 Å². The first kappa shape index (κ1) is 10.7. The molecule has 0 nitrogen and oxygen atoms in total. The van der Waals surface area contributed by atoms with Crippen molar-refractivity contribution >= 4 is 0 Å². The zero-order chi connectivity index (χ0) is 9.07. The Morgan fingerprint density at radius 2 is 1.55 bits per heavy atom. The minimum Gasteiger partial charge on any atom is -0.0741 e. The minimum absolute atomic E-state index is 0.403. The van der Waals surface area contributed by atoms with Crippen LogP contribution in [-0.2, 0) is 0 Å². The molecule has 0 unspecified atom stereocenters. The van der Waals surface area contributed by atoms with Gasteiger partial charge in [-0.15, -0.1) is 0 Å². The third-order valence-electron chi connectivity index (χ3n) is 3.07. The van der Waals surface area contributed by atoms with Gasteiger partial charge in [0.05, 0.1) is 0 Å². The van der Waals surface area contributed by atoms with E-state index in [9.17, 15) is 0 Å². The SMILES string of the molecule is CC/C(C)=C(/C)C(C)(C)CC. The van der Waals surface area contributed by atoms with E-state index in [-0.39, 0.29) is 0 Å². The van der Waals surface area contributed by atoms with Gasteiger partial charge in [0.2, 0.25) is 0 Å². The van der Waals surface area contributed by atoms with Gasteiger partial charge in [0.25, 0.3) is 0 Å². The topological polar surface area (TPSA) is 0 Å². The van der Waals surface area contributed by atoms with Gasteiger partial charge in [-0.2, -0.15) is 0 Å². The van der Waals surface area contributed by atoms with Gasteiger partial charge in [0, 0.05) is 0 Å². The summed E-state index contributed by atoms with van der Waals surface area (Å²) >= 11 is 0. The highest BCUT2D eigenvalue weighted by atomic mass is 14.2. The average Bonchev–Trinajstić information content (AvgIpc) is 2.01. The van der Waals surface area contributed by atoms with Crippen molar-refractivity contribution in [3.05, 3.63) is 11.1 Å². The highest BCUT2D eigenvalue weighted by Crippen LogP contribution is 2.32. The van der Waals surface area contributed by atoms with Crippen LogP contribution in [0.1, 0.15) is 54.4 Å². The molecule has 66 valence electrons. The van der Waals surface area contributed by atoms with Crippen LogP contribution >= 0.6 is 0 Å². The fourth-order valence-electron chi connectivity index (χ4n) is 1.11. The summed E-state index contributed by atoms with van der Waals surface area (Å²) < 4.78 is 0. The van der Waals surface area contributed by atoms with Crippen molar-refractivity contribution in [3.8, 4) is 0 Å². The molecule has 0 fully saturated rings. The third kappa shape index (κ3) is 2.69. The molecule has 0 aromatic heterocycles. The Morgan fingerprint density at radius 1 is 1.09 bits per heavy atom. The van der Waals surface area contributed by atoms with E-state index in [0.717, 1.165) is 0 Å². The summed E-state index contributed by atoms with van der Waals surface area (Å²) in [7, 11) is 0. The van der Waals surface area contributed by atoms with Crippen LogP contribution in [0.4, 0.5) is 0 Å². The van der Waals surface area contributed by atoms with Crippen molar-refractivity contribution in [2.45, 2.75) is 54.4 Å². The van der Waals surface area contributed by atoms with Crippen LogP contribution in [0.2, 0.25) is 0 Å². The van der Waals surface area contributed by atoms with Gasteiger partial charge in [-0.3, -0.25) is 0 Å². The standard InChI is InChI=1S/C11H22/c1-7-9(3)10(4)11(5,6)8-2/h7-8H2,1-6H3/b10-9-. The van der Waals surface area contributed by atoms with Gasteiger partial charge < -0.3 is 0 Å². The maximum atomic E-state index is 2.32. The Bertz CT molecular complexity index is 149. The second-order valence-corrected chi connectivity index (χ2v) is 4.00. The molecule has 0 N–H and O–H groups in total. The zero-order valence-electron chi connectivity index (χ0n) is 8.91. The lowest BCUT2D eigenvalue weighted by atomic mass is 9.80. The molecule has 0 heterocycles. The normalized spacial score (nSPS) is 14.7. The molecule has 0 aromatic rings. The van der Waals surface area contributed by atoms with Crippen LogP contribution in [0.25, 0.3) is 0 Å². The lowest BCUT2D eigenvalue weighted by Crippen LogP contribution is -2.12. The molecule has 11 heavy (non-hydrogen) atoms. The largest absolute Gasteiger partial charge is 0.0741 e. The van der Waals surface area contributed by atoms with Gasteiger partial charge in [0.15, 0.2) is 0 Å². The maximum Gasteiger partial charge on any atom is -0.0147 e. The first-order chi connectivity index (χ1) is 4.95. The second-order valence-electron chi connectivity index (χ2n) is 4.00. The zero-order valence-corrected chi connectivity index (χ0v) is 8.91. The van der Waals surface area contributed by atoms with E-state index in [1.807, 2.05) is 0 Å². The minimum atomic E-state index is 0.403. The molecule has 0 amide bonds. The van der Waals surface area contributed by atoms with Crippen molar-refractivity contribution in [1.29, 1.82) is 0 Å². The Hall–Kier alpha value is -0.260. The summed E-state index contributed by atoms with van der Waals surface area (Å²) in [4.78, 5) is 0. The highest BCUT2D eigenvalue weighted by Gasteiger charge is 2.18. The van der Waals surface area contributed by atoms with E-state index in [0.29, 0.717) is 5.41 Å². The first-order valence-corrected chi connectivity index (χ1v) is 4.62. The molecular formula is C11H22. The van der Waals surface area contributed by atoms with Crippen molar-refractivity contribution in [1.82, 2.24) is 0 Å².